The van der Waals surface area contributed by atoms with Crippen LogP contribution in [-0.2, 0) is 4.79 Å². The van der Waals surface area contributed by atoms with Crippen molar-refractivity contribution in [3.63, 3.8) is 0 Å². The lowest BCUT2D eigenvalue weighted by Crippen LogP contribution is -2.29. The quantitative estimate of drug-likeness (QED) is 0.409. The Bertz CT molecular complexity index is 1350. The first kappa shape index (κ1) is 21.1. The highest BCUT2D eigenvalue weighted by Crippen LogP contribution is 2.46. The van der Waals surface area contributed by atoms with Crippen LogP contribution in [0.4, 0.5) is 11.4 Å². The van der Waals surface area contributed by atoms with E-state index in [4.69, 9.17) is 4.74 Å². The van der Waals surface area contributed by atoms with E-state index in [1.807, 2.05) is 91.0 Å². The summed E-state index contributed by atoms with van der Waals surface area (Å²) in [5.74, 6) is 0.808. The van der Waals surface area contributed by atoms with Crippen molar-refractivity contribution >= 4 is 45.7 Å². The van der Waals surface area contributed by atoms with Gasteiger partial charge in [0.05, 0.1) is 18.6 Å². The maximum absolute atomic E-state index is 13.1. The molecule has 1 atom stereocenters. The van der Waals surface area contributed by atoms with E-state index in [9.17, 15) is 9.59 Å². The number of carbonyl (C=O) groups excluding carboxylic acids is 2. The summed E-state index contributed by atoms with van der Waals surface area (Å²) >= 11 is 1.53. The molecule has 5 rings (SSSR count). The second-order valence-electron chi connectivity index (χ2n) is 7.70. The predicted octanol–water partition coefficient (Wildman–Crippen LogP) is 5.88. The van der Waals surface area contributed by atoms with Gasteiger partial charge < -0.3 is 10.1 Å². The summed E-state index contributed by atoms with van der Waals surface area (Å²) in [7, 11) is 1.60. The predicted molar refractivity (Wildman–Crippen MR) is 134 cm³/mol. The molecule has 1 fully saturated rings. The van der Waals surface area contributed by atoms with Crippen LogP contribution in [0.5, 0.6) is 5.75 Å². The second-order valence-corrected chi connectivity index (χ2v) is 8.77. The van der Waals surface area contributed by atoms with E-state index in [1.165, 1.54) is 11.8 Å². The number of fused-ring (bicyclic) bond motifs is 1. The van der Waals surface area contributed by atoms with Gasteiger partial charge in [-0.25, -0.2) is 0 Å². The molecule has 0 radical (unpaired) electrons. The number of hydrogen-bond acceptors (Lipinski definition) is 4. The van der Waals surface area contributed by atoms with Gasteiger partial charge in [0, 0.05) is 16.8 Å². The zero-order valence-electron chi connectivity index (χ0n) is 18.0. The Labute approximate surface area is 196 Å². The third-order valence-corrected chi connectivity index (χ3v) is 6.89. The molecule has 1 saturated heterocycles. The minimum atomic E-state index is -0.276. The molecular weight excluding hydrogens is 432 g/mol. The first-order valence-electron chi connectivity index (χ1n) is 10.6. The van der Waals surface area contributed by atoms with Gasteiger partial charge in [-0.2, -0.15) is 0 Å². The van der Waals surface area contributed by atoms with Crippen LogP contribution in [0.1, 0.15) is 21.3 Å². The number of anilines is 2. The van der Waals surface area contributed by atoms with Crippen LogP contribution in [0.3, 0.4) is 0 Å². The van der Waals surface area contributed by atoms with Gasteiger partial charge in [0.25, 0.3) is 5.91 Å². The molecule has 1 aliphatic heterocycles. The summed E-state index contributed by atoms with van der Waals surface area (Å²) in [6, 6.07) is 28.7. The average molecular weight is 455 g/mol. The van der Waals surface area contributed by atoms with Crippen LogP contribution in [0.15, 0.2) is 91.0 Å². The summed E-state index contributed by atoms with van der Waals surface area (Å²) in [5.41, 5.74) is 2.85. The average Bonchev–Trinajstić information content (AvgIpc) is 3.24. The van der Waals surface area contributed by atoms with Crippen LogP contribution >= 0.6 is 11.8 Å². The minimum Gasteiger partial charge on any atom is -0.495 e. The largest absolute Gasteiger partial charge is 0.495 e. The van der Waals surface area contributed by atoms with Crippen molar-refractivity contribution in [2.24, 2.45) is 0 Å². The number of hydrogen-bond donors (Lipinski definition) is 1. The molecule has 4 aromatic rings. The molecule has 0 aromatic heterocycles. The van der Waals surface area contributed by atoms with Crippen molar-refractivity contribution in [3.8, 4) is 5.75 Å². The number of nitrogens with zero attached hydrogens (tertiary/aromatic N) is 1. The topological polar surface area (TPSA) is 58.6 Å². The summed E-state index contributed by atoms with van der Waals surface area (Å²) in [5, 5.41) is 4.88. The number of ether oxygens (including phenoxy) is 1. The molecule has 1 heterocycles. The minimum absolute atomic E-state index is 0.00478. The molecule has 0 bridgehead atoms. The van der Waals surface area contributed by atoms with Crippen molar-refractivity contribution in [2.45, 2.75) is 5.37 Å². The van der Waals surface area contributed by atoms with Gasteiger partial charge in [0.2, 0.25) is 5.91 Å². The molecule has 0 spiro atoms. The molecule has 2 amide bonds. The van der Waals surface area contributed by atoms with Crippen molar-refractivity contribution in [1.82, 2.24) is 0 Å². The van der Waals surface area contributed by atoms with E-state index < -0.39 is 0 Å². The molecule has 164 valence electrons. The molecule has 1 N–H and O–H groups in total. The molecule has 0 unspecified atom stereocenters. The number of para-hydroxylation sites is 3. The van der Waals surface area contributed by atoms with Crippen LogP contribution in [0.2, 0.25) is 0 Å². The fraction of sp³-hybridized carbons (Fsp3) is 0.111. The maximum atomic E-state index is 13.1. The standard InChI is InChI=1S/C27H22N2O3S/c1-32-24-13-7-6-12-23(24)29-25(30)17-33-27(29)21-10-4-5-11-22(21)28-26(31)20-15-14-18-8-2-3-9-19(18)16-20/h2-16,27H,17H2,1H3,(H,28,31)/t27-/m0/s1. The van der Waals surface area contributed by atoms with Gasteiger partial charge in [-0.15, -0.1) is 11.8 Å². The molecule has 0 aliphatic carbocycles. The van der Waals surface area contributed by atoms with E-state index >= 15 is 0 Å². The van der Waals surface area contributed by atoms with Crippen LogP contribution < -0.4 is 15.0 Å². The van der Waals surface area contributed by atoms with Crippen LogP contribution in [0.25, 0.3) is 10.8 Å². The molecule has 33 heavy (non-hydrogen) atoms. The molecule has 1 aliphatic rings. The number of carbonyl (C=O) groups is 2. The Morgan fingerprint density at radius 2 is 1.67 bits per heavy atom. The van der Waals surface area contributed by atoms with Crippen LogP contribution in [-0.4, -0.2) is 24.7 Å². The maximum Gasteiger partial charge on any atom is 0.255 e. The zero-order chi connectivity index (χ0) is 22.8. The number of rotatable bonds is 5. The lowest BCUT2D eigenvalue weighted by Gasteiger charge is -2.27. The van der Waals surface area contributed by atoms with Gasteiger partial charge >= 0.3 is 0 Å². The fourth-order valence-electron chi connectivity index (χ4n) is 4.09. The lowest BCUT2D eigenvalue weighted by atomic mass is 10.1. The smallest absolute Gasteiger partial charge is 0.255 e. The van der Waals surface area contributed by atoms with Crippen molar-refractivity contribution in [2.75, 3.05) is 23.1 Å². The van der Waals surface area contributed by atoms with Gasteiger partial charge in [-0.3, -0.25) is 14.5 Å². The molecule has 0 saturated carbocycles. The molecule has 4 aromatic carbocycles. The van der Waals surface area contributed by atoms with Crippen molar-refractivity contribution < 1.29 is 14.3 Å². The summed E-state index contributed by atoms with van der Waals surface area (Å²) in [6.07, 6.45) is 0. The van der Waals surface area contributed by atoms with E-state index in [0.717, 1.165) is 22.0 Å². The molecule has 6 heteroatoms. The van der Waals surface area contributed by atoms with E-state index in [1.54, 1.807) is 12.0 Å². The number of thioether (sulfide) groups is 1. The monoisotopic (exact) mass is 454 g/mol. The molecular formula is C27H22N2O3S. The number of amides is 2. The van der Waals surface area contributed by atoms with E-state index in [0.29, 0.717) is 22.8 Å². The Morgan fingerprint density at radius 3 is 2.52 bits per heavy atom. The Morgan fingerprint density at radius 1 is 0.939 bits per heavy atom. The first-order chi connectivity index (χ1) is 16.2. The summed E-state index contributed by atoms with van der Waals surface area (Å²) < 4.78 is 5.51. The number of methoxy groups -OCH3 is 1. The fourth-order valence-corrected chi connectivity index (χ4v) is 5.30. The van der Waals surface area contributed by atoms with Crippen molar-refractivity contribution in [3.05, 3.63) is 102 Å². The summed E-state index contributed by atoms with van der Waals surface area (Å²) in [4.78, 5) is 27.7. The lowest BCUT2D eigenvalue weighted by molar-refractivity contribution is -0.115. The Kier molecular flexibility index (Phi) is 5.75. The van der Waals surface area contributed by atoms with Crippen LogP contribution in [0, 0.1) is 0 Å². The van der Waals surface area contributed by atoms with Gasteiger partial charge in [-0.05, 0) is 41.1 Å². The Hall–Kier alpha value is -3.77. The number of benzene rings is 4. The third kappa shape index (κ3) is 4.05. The SMILES string of the molecule is COc1ccccc1N1C(=O)CS[C@H]1c1ccccc1NC(=O)c1ccc2ccccc2c1. The van der Waals surface area contributed by atoms with Gasteiger partial charge in [0.1, 0.15) is 11.1 Å². The van der Waals surface area contributed by atoms with Gasteiger partial charge in [0.15, 0.2) is 0 Å². The normalized spacial score (nSPS) is 15.6. The second kappa shape index (κ2) is 9.00. The van der Waals surface area contributed by atoms with Crippen molar-refractivity contribution in [1.29, 1.82) is 0 Å². The summed E-state index contributed by atoms with van der Waals surface area (Å²) in [6.45, 7) is 0. The highest BCUT2D eigenvalue weighted by atomic mass is 32.2. The number of nitrogens with one attached hydrogen (secondary N) is 1. The highest BCUT2D eigenvalue weighted by molar-refractivity contribution is 8.00. The Balaban J connectivity index is 1.48. The zero-order valence-corrected chi connectivity index (χ0v) is 18.8. The van der Waals surface area contributed by atoms with Gasteiger partial charge in [-0.1, -0.05) is 60.7 Å². The van der Waals surface area contributed by atoms with E-state index in [2.05, 4.69) is 5.32 Å². The molecule has 5 nitrogen and oxygen atoms in total. The third-order valence-electron chi connectivity index (χ3n) is 5.70. The van der Waals surface area contributed by atoms with E-state index in [-0.39, 0.29) is 17.2 Å². The highest BCUT2D eigenvalue weighted by Gasteiger charge is 2.36. The first-order valence-corrected chi connectivity index (χ1v) is 11.7.